The minimum absolute atomic E-state index is 0.00301. The number of ether oxygens (including phenoxy) is 2. The number of amides is 2. The lowest BCUT2D eigenvalue weighted by Gasteiger charge is -2.25. The van der Waals surface area contributed by atoms with E-state index < -0.39 is 0 Å². The minimum atomic E-state index is -0.195. The molecule has 56 heavy (non-hydrogen) atoms. The van der Waals surface area contributed by atoms with E-state index in [1.165, 1.54) is 0 Å². The number of hydrogen-bond donors (Lipinski definition) is 2. The number of nitrogens with zero attached hydrogens (tertiary/aromatic N) is 4. The van der Waals surface area contributed by atoms with Crippen molar-refractivity contribution >= 4 is 60.1 Å². The molecule has 0 bridgehead atoms. The van der Waals surface area contributed by atoms with Gasteiger partial charge in [-0.2, -0.15) is 12.6 Å². The van der Waals surface area contributed by atoms with Crippen molar-refractivity contribution in [2.45, 2.75) is 89.5 Å². The third-order valence-electron chi connectivity index (χ3n) is 11.0. The Balaban J connectivity index is 1.02. The molecule has 3 aliphatic heterocycles. The smallest absolute Gasteiger partial charge is 0.261 e. The number of benzene rings is 4. The van der Waals surface area contributed by atoms with Crippen LogP contribution in [0.4, 0.5) is 22.7 Å². The molecule has 9 nitrogen and oxygen atoms in total. The second-order valence-electron chi connectivity index (χ2n) is 15.6. The van der Waals surface area contributed by atoms with Crippen molar-refractivity contribution in [3.05, 3.63) is 94.5 Å². The molecule has 10 heteroatoms. The Morgan fingerprint density at radius 3 is 2.23 bits per heavy atom. The zero-order chi connectivity index (χ0) is 39.4. The molecule has 292 valence electrons. The highest BCUT2D eigenvalue weighted by atomic mass is 32.1. The lowest BCUT2D eigenvalue weighted by molar-refractivity contribution is -0.109. The predicted molar refractivity (Wildman–Crippen MR) is 232 cm³/mol. The molecular formula is C46H53N5O4S. The molecule has 3 aliphatic rings. The molecular weight excluding hydrogens is 719 g/mol. The van der Waals surface area contributed by atoms with Crippen LogP contribution in [0.2, 0.25) is 0 Å². The van der Waals surface area contributed by atoms with Crippen molar-refractivity contribution in [1.82, 2.24) is 5.32 Å². The molecule has 0 aliphatic carbocycles. The average molecular weight is 772 g/mol. The van der Waals surface area contributed by atoms with E-state index in [1.54, 1.807) is 0 Å². The summed E-state index contributed by atoms with van der Waals surface area (Å²) < 4.78 is 12.7. The van der Waals surface area contributed by atoms with Gasteiger partial charge in [-0.15, -0.1) is 0 Å². The first kappa shape index (κ1) is 39.2. The molecule has 2 atom stereocenters. The molecule has 0 fully saturated rings. The molecule has 0 spiro atoms. The number of aryl methyl sites for hydroxylation is 2. The van der Waals surface area contributed by atoms with Crippen LogP contribution in [0.25, 0.3) is 11.1 Å². The number of hydrogen-bond acceptors (Lipinski definition) is 8. The SMILES string of the molecule is CCc1cc2c(cc1OCCCOc1cc3c(cc1CC)-c1ccccc1CC(NC=O)C=N3)N=C[C@@H]1Cc3ccc(N(C)CCCC(C)(C)S)cc3N1C2=O. The van der Waals surface area contributed by atoms with Crippen molar-refractivity contribution in [2.24, 2.45) is 9.98 Å². The van der Waals surface area contributed by atoms with Crippen LogP contribution in [-0.2, 0) is 30.5 Å². The van der Waals surface area contributed by atoms with E-state index >= 15 is 0 Å². The number of thiol groups is 1. The Morgan fingerprint density at radius 2 is 1.54 bits per heavy atom. The number of carbonyl (C=O) groups is 2. The summed E-state index contributed by atoms with van der Waals surface area (Å²) in [5, 5.41) is 2.87. The summed E-state index contributed by atoms with van der Waals surface area (Å²) in [5.74, 6) is 1.51. The Hall–Kier alpha value is -5.09. The highest BCUT2D eigenvalue weighted by Gasteiger charge is 2.37. The topological polar surface area (TPSA) is 95.8 Å². The van der Waals surface area contributed by atoms with E-state index in [-0.39, 0.29) is 22.7 Å². The molecule has 7 rings (SSSR count). The minimum Gasteiger partial charge on any atom is -0.493 e. The quantitative estimate of drug-likeness (QED) is 0.0716. The van der Waals surface area contributed by atoms with E-state index in [9.17, 15) is 9.59 Å². The van der Waals surface area contributed by atoms with Gasteiger partial charge in [-0.25, -0.2) is 0 Å². The molecule has 4 aromatic carbocycles. The van der Waals surface area contributed by atoms with E-state index in [1.807, 2.05) is 47.7 Å². The van der Waals surface area contributed by atoms with Crippen LogP contribution in [0.5, 0.6) is 11.5 Å². The molecule has 0 radical (unpaired) electrons. The summed E-state index contributed by atoms with van der Waals surface area (Å²) >= 11 is 4.69. The maximum Gasteiger partial charge on any atom is 0.261 e. The Bertz CT molecular complexity index is 2160. The Kier molecular flexibility index (Phi) is 11.9. The lowest BCUT2D eigenvalue weighted by Crippen LogP contribution is -2.37. The van der Waals surface area contributed by atoms with E-state index in [0.717, 1.165) is 107 Å². The molecule has 2 amide bonds. The first-order valence-electron chi connectivity index (χ1n) is 19.9. The number of carbonyl (C=O) groups excluding carboxylic acids is 2. The van der Waals surface area contributed by atoms with E-state index in [2.05, 4.69) is 94.0 Å². The fraction of sp³-hybridized carbons (Fsp3) is 0.391. The summed E-state index contributed by atoms with van der Waals surface area (Å²) in [4.78, 5) is 39.4. The first-order valence-corrected chi connectivity index (χ1v) is 20.4. The second kappa shape index (κ2) is 17.0. The van der Waals surface area contributed by atoms with Crippen LogP contribution in [0.3, 0.4) is 0 Å². The normalized spacial score (nSPS) is 16.8. The van der Waals surface area contributed by atoms with Crippen LogP contribution in [-0.4, -0.2) is 68.4 Å². The van der Waals surface area contributed by atoms with Gasteiger partial charge < -0.3 is 19.7 Å². The van der Waals surface area contributed by atoms with Crippen LogP contribution in [0.15, 0.2) is 76.7 Å². The number of nitrogens with one attached hydrogen (secondary N) is 1. The predicted octanol–water partition coefficient (Wildman–Crippen LogP) is 8.91. The van der Waals surface area contributed by atoms with Gasteiger partial charge in [-0.05, 0) is 84.2 Å². The third-order valence-corrected chi connectivity index (χ3v) is 11.2. The van der Waals surface area contributed by atoms with Crippen LogP contribution in [0, 0.1) is 0 Å². The molecule has 0 aromatic heterocycles. The van der Waals surface area contributed by atoms with Crippen molar-refractivity contribution in [1.29, 1.82) is 0 Å². The van der Waals surface area contributed by atoms with Crippen molar-refractivity contribution in [3.63, 3.8) is 0 Å². The van der Waals surface area contributed by atoms with Gasteiger partial charge in [0.2, 0.25) is 6.41 Å². The average Bonchev–Trinajstić information content (AvgIpc) is 3.49. The zero-order valence-corrected chi connectivity index (χ0v) is 34.1. The molecule has 3 heterocycles. The van der Waals surface area contributed by atoms with Gasteiger partial charge in [0.15, 0.2) is 0 Å². The zero-order valence-electron chi connectivity index (χ0n) is 33.2. The number of rotatable bonds is 15. The molecule has 1 unspecified atom stereocenters. The molecule has 1 N–H and O–H groups in total. The summed E-state index contributed by atoms with van der Waals surface area (Å²) in [5.41, 5.74) is 10.7. The van der Waals surface area contributed by atoms with Crippen molar-refractivity contribution < 1.29 is 19.1 Å². The summed E-state index contributed by atoms with van der Waals surface area (Å²) in [6.07, 6.45) is 10.1. The van der Waals surface area contributed by atoms with Gasteiger partial charge >= 0.3 is 0 Å². The van der Waals surface area contributed by atoms with Gasteiger partial charge in [0.1, 0.15) is 11.5 Å². The Morgan fingerprint density at radius 1 is 0.857 bits per heavy atom. The summed E-state index contributed by atoms with van der Waals surface area (Å²) in [7, 11) is 2.11. The summed E-state index contributed by atoms with van der Waals surface area (Å²) in [6, 6.07) is 22.5. The highest BCUT2D eigenvalue weighted by molar-refractivity contribution is 7.81. The van der Waals surface area contributed by atoms with Gasteiger partial charge in [0.05, 0.1) is 47.9 Å². The van der Waals surface area contributed by atoms with Crippen LogP contribution < -0.4 is 24.6 Å². The standard InChI is InChI=1S/C46H53N5O4S/c1-6-30-22-38-37-13-9-8-12-32(37)20-34(49-29-52)27-47-40(38)25-43(30)54-18-11-19-55-44-26-41-39(23-31(44)7-2)45(53)51-36(28-48-41)21-33-14-15-35(24-42(33)51)50(5)17-10-16-46(3,4)56/h8-9,12-15,22-29,34,36,56H,6-7,10-11,16-21H2,1-5H3,(H,49,52)/t34?,36-/m0/s1. The molecule has 0 saturated carbocycles. The fourth-order valence-corrected chi connectivity index (χ4v) is 8.08. The molecule has 4 aromatic rings. The number of aliphatic imine (C=N–C) groups is 2. The Labute approximate surface area is 336 Å². The number of anilines is 2. The van der Waals surface area contributed by atoms with Crippen molar-refractivity contribution in [2.75, 3.05) is 36.6 Å². The van der Waals surface area contributed by atoms with E-state index in [4.69, 9.17) is 19.5 Å². The number of fused-ring (bicyclic) bond motifs is 7. The van der Waals surface area contributed by atoms with Crippen LogP contribution >= 0.6 is 12.6 Å². The van der Waals surface area contributed by atoms with Gasteiger partial charge in [-0.1, -0.05) is 58.0 Å². The van der Waals surface area contributed by atoms with Gasteiger partial charge in [-0.3, -0.25) is 24.5 Å². The fourth-order valence-electron chi connectivity index (χ4n) is 7.92. The maximum atomic E-state index is 14.3. The van der Waals surface area contributed by atoms with Crippen molar-refractivity contribution in [3.8, 4) is 22.6 Å². The largest absolute Gasteiger partial charge is 0.493 e. The first-order chi connectivity index (χ1) is 27.1. The van der Waals surface area contributed by atoms with Crippen LogP contribution in [0.1, 0.15) is 79.6 Å². The molecule has 0 saturated heterocycles. The third kappa shape index (κ3) is 8.50. The summed E-state index contributed by atoms with van der Waals surface area (Å²) in [6.45, 7) is 10.3. The maximum absolute atomic E-state index is 14.3. The lowest BCUT2D eigenvalue weighted by atomic mass is 9.91. The highest BCUT2D eigenvalue weighted by Crippen LogP contribution is 2.42. The monoisotopic (exact) mass is 771 g/mol. The second-order valence-corrected chi connectivity index (χ2v) is 16.8. The van der Waals surface area contributed by atoms with E-state index in [0.29, 0.717) is 37.3 Å². The van der Waals surface area contributed by atoms with Gasteiger partial charge in [0, 0.05) is 67.0 Å². The van der Waals surface area contributed by atoms with Gasteiger partial charge in [0.25, 0.3) is 5.91 Å².